The van der Waals surface area contributed by atoms with Crippen LogP contribution in [0.15, 0.2) is 0 Å². The van der Waals surface area contributed by atoms with Crippen LogP contribution in [-0.4, -0.2) is 41.1 Å². The molecule has 0 aromatic rings. The number of likely N-dealkylation sites (tertiary alicyclic amines) is 1. The van der Waals surface area contributed by atoms with Gasteiger partial charge in [-0.3, -0.25) is 0 Å². The van der Waals surface area contributed by atoms with E-state index in [-0.39, 0.29) is 11.9 Å². The fourth-order valence-electron chi connectivity index (χ4n) is 3.66. The largest absolute Gasteiger partial charge is 0.480 e. The second kappa shape index (κ2) is 7.66. The van der Waals surface area contributed by atoms with E-state index in [0.717, 1.165) is 51.6 Å². The second-order valence-corrected chi connectivity index (χ2v) is 6.53. The van der Waals surface area contributed by atoms with Gasteiger partial charge >= 0.3 is 12.0 Å². The maximum absolute atomic E-state index is 12.4. The Hall–Kier alpha value is -1.26. The molecule has 2 amide bonds. The average molecular weight is 296 g/mol. The number of aliphatic carboxylic acids is 1. The van der Waals surface area contributed by atoms with Gasteiger partial charge in [0.15, 0.2) is 0 Å². The first-order valence-corrected chi connectivity index (χ1v) is 8.40. The number of nitrogens with zero attached hydrogens (tertiary/aromatic N) is 1. The summed E-state index contributed by atoms with van der Waals surface area (Å²) in [7, 11) is 0. The quantitative estimate of drug-likeness (QED) is 0.838. The van der Waals surface area contributed by atoms with Crippen molar-refractivity contribution in [1.82, 2.24) is 10.2 Å². The van der Waals surface area contributed by atoms with Crippen molar-refractivity contribution in [3.63, 3.8) is 0 Å². The Bertz CT molecular complexity index is 367. The molecule has 0 aromatic carbocycles. The van der Waals surface area contributed by atoms with Crippen LogP contribution < -0.4 is 5.32 Å². The molecule has 2 fully saturated rings. The molecule has 21 heavy (non-hydrogen) atoms. The van der Waals surface area contributed by atoms with E-state index in [0.29, 0.717) is 5.92 Å². The lowest BCUT2D eigenvalue weighted by atomic mass is 9.84. The third-order valence-corrected chi connectivity index (χ3v) is 5.05. The van der Waals surface area contributed by atoms with Gasteiger partial charge in [-0.05, 0) is 37.5 Å². The van der Waals surface area contributed by atoms with Crippen LogP contribution >= 0.6 is 0 Å². The minimum atomic E-state index is -0.890. The molecule has 1 saturated heterocycles. The number of urea groups is 1. The molecule has 2 unspecified atom stereocenters. The summed E-state index contributed by atoms with van der Waals surface area (Å²) in [5.41, 5.74) is 0. The third-order valence-electron chi connectivity index (χ3n) is 5.05. The monoisotopic (exact) mass is 296 g/mol. The molecule has 1 heterocycles. The molecule has 0 aromatic heterocycles. The smallest absolute Gasteiger partial charge is 0.326 e. The number of carbonyl (C=O) groups excluding carboxylic acids is 1. The van der Waals surface area contributed by atoms with Crippen molar-refractivity contribution in [2.24, 2.45) is 11.8 Å². The van der Waals surface area contributed by atoms with Crippen molar-refractivity contribution in [2.45, 2.75) is 64.3 Å². The Morgan fingerprint density at radius 2 is 1.90 bits per heavy atom. The molecule has 0 spiro atoms. The number of piperidine rings is 1. The van der Waals surface area contributed by atoms with Crippen molar-refractivity contribution in [3.8, 4) is 0 Å². The van der Waals surface area contributed by atoms with Gasteiger partial charge in [-0.1, -0.05) is 32.6 Å². The van der Waals surface area contributed by atoms with Crippen LogP contribution in [0.5, 0.6) is 0 Å². The summed E-state index contributed by atoms with van der Waals surface area (Å²) in [6.07, 6.45) is 8.43. The predicted octanol–water partition coefficient (Wildman–Crippen LogP) is 2.85. The molecule has 1 aliphatic heterocycles. The number of amides is 2. The highest BCUT2D eigenvalue weighted by atomic mass is 16.4. The van der Waals surface area contributed by atoms with Crippen molar-refractivity contribution < 1.29 is 14.7 Å². The molecule has 1 aliphatic carbocycles. The van der Waals surface area contributed by atoms with E-state index in [1.165, 1.54) is 12.8 Å². The average Bonchev–Trinajstić information content (AvgIpc) is 2.53. The first-order valence-electron chi connectivity index (χ1n) is 8.40. The van der Waals surface area contributed by atoms with Gasteiger partial charge < -0.3 is 15.3 Å². The summed E-state index contributed by atoms with van der Waals surface area (Å²) in [6.45, 7) is 3.66. The van der Waals surface area contributed by atoms with Crippen LogP contribution in [0.1, 0.15) is 58.3 Å². The Kier molecular flexibility index (Phi) is 5.88. The van der Waals surface area contributed by atoms with Crippen molar-refractivity contribution >= 4 is 12.0 Å². The lowest BCUT2D eigenvalue weighted by molar-refractivity contribution is -0.141. The number of carbonyl (C=O) groups is 2. The summed E-state index contributed by atoms with van der Waals surface area (Å²) in [6, 6.07) is -0.911. The topological polar surface area (TPSA) is 69.6 Å². The van der Waals surface area contributed by atoms with Gasteiger partial charge in [-0.15, -0.1) is 0 Å². The first kappa shape index (κ1) is 16.1. The molecule has 2 atom stereocenters. The van der Waals surface area contributed by atoms with E-state index in [9.17, 15) is 14.7 Å². The number of carboxylic acids is 1. The minimum absolute atomic E-state index is 0.0898. The molecule has 120 valence electrons. The van der Waals surface area contributed by atoms with Gasteiger partial charge in [0.2, 0.25) is 0 Å². The lowest BCUT2D eigenvalue weighted by Gasteiger charge is -2.35. The highest BCUT2D eigenvalue weighted by Crippen LogP contribution is 2.27. The minimum Gasteiger partial charge on any atom is -0.480 e. The Balaban J connectivity index is 1.92. The highest BCUT2D eigenvalue weighted by molar-refractivity contribution is 5.82. The van der Waals surface area contributed by atoms with E-state index in [4.69, 9.17) is 0 Å². The van der Waals surface area contributed by atoms with Crippen LogP contribution in [0.4, 0.5) is 4.79 Å². The van der Waals surface area contributed by atoms with Crippen LogP contribution in [-0.2, 0) is 4.79 Å². The SMILES string of the molecule is CCC1CCCN(C(=O)NC(C(=O)O)C2CCCCC2)C1. The lowest BCUT2D eigenvalue weighted by Crippen LogP contribution is -2.53. The molecule has 0 bridgehead atoms. The highest BCUT2D eigenvalue weighted by Gasteiger charge is 2.32. The molecule has 5 heteroatoms. The Morgan fingerprint density at radius 3 is 2.52 bits per heavy atom. The van der Waals surface area contributed by atoms with Crippen LogP contribution in [0, 0.1) is 11.8 Å². The van der Waals surface area contributed by atoms with Gasteiger partial charge in [0.05, 0.1) is 0 Å². The van der Waals surface area contributed by atoms with E-state index >= 15 is 0 Å². The van der Waals surface area contributed by atoms with Gasteiger partial charge in [0.25, 0.3) is 0 Å². The maximum atomic E-state index is 12.4. The van der Waals surface area contributed by atoms with Gasteiger partial charge in [0, 0.05) is 13.1 Å². The standard InChI is InChI=1S/C16H28N2O3/c1-2-12-7-6-10-18(11-12)16(21)17-14(15(19)20)13-8-4-3-5-9-13/h12-14H,2-11H2,1H3,(H,17,21)(H,19,20). The normalized spacial score (nSPS) is 25.4. The first-order chi connectivity index (χ1) is 10.1. The van der Waals surface area contributed by atoms with E-state index in [2.05, 4.69) is 12.2 Å². The van der Waals surface area contributed by atoms with Gasteiger partial charge in [0.1, 0.15) is 6.04 Å². The molecular weight excluding hydrogens is 268 g/mol. The molecule has 5 nitrogen and oxygen atoms in total. The zero-order chi connectivity index (χ0) is 15.2. The third kappa shape index (κ3) is 4.35. The zero-order valence-corrected chi connectivity index (χ0v) is 13.0. The van der Waals surface area contributed by atoms with Gasteiger partial charge in [-0.25, -0.2) is 9.59 Å². The molecule has 1 saturated carbocycles. The molecule has 2 N–H and O–H groups in total. The Labute approximate surface area is 127 Å². The summed E-state index contributed by atoms with van der Waals surface area (Å²) in [4.78, 5) is 25.7. The number of nitrogens with one attached hydrogen (secondary N) is 1. The van der Waals surface area contributed by atoms with Crippen molar-refractivity contribution in [1.29, 1.82) is 0 Å². The number of rotatable bonds is 4. The molecule has 2 rings (SSSR count). The summed E-state index contributed by atoms with van der Waals surface area (Å²) in [5, 5.41) is 12.2. The van der Waals surface area contributed by atoms with Gasteiger partial charge in [-0.2, -0.15) is 0 Å². The fraction of sp³-hybridized carbons (Fsp3) is 0.875. The number of carboxylic acid groups (broad SMARTS) is 1. The summed E-state index contributed by atoms with van der Waals surface area (Å²) in [5.74, 6) is -0.242. The second-order valence-electron chi connectivity index (χ2n) is 6.53. The van der Waals surface area contributed by atoms with E-state index < -0.39 is 12.0 Å². The summed E-state index contributed by atoms with van der Waals surface area (Å²) < 4.78 is 0. The van der Waals surface area contributed by atoms with Crippen LogP contribution in [0.3, 0.4) is 0 Å². The molecule has 0 radical (unpaired) electrons. The predicted molar refractivity (Wildman–Crippen MR) is 81.1 cm³/mol. The Morgan fingerprint density at radius 1 is 1.19 bits per heavy atom. The molecular formula is C16H28N2O3. The number of hydrogen-bond acceptors (Lipinski definition) is 2. The van der Waals surface area contributed by atoms with Crippen LogP contribution in [0.2, 0.25) is 0 Å². The fourth-order valence-corrected chi connectivity index (χ4v) is 3.66. The number of hydrogen-bond donors (Lipinski definition) is 2. The maximum Gasteiger partial charge on any atom is 0.326 e. The zero-order valence-electron chi connectivity index (χ0n) is 13.0. The van der Waals surface area contributed by atoms with Crippen molar-refractivity contribution in [3.05, 3.63) is 0 Å². The van der Waals surface area contributed by atoms with Crippen LogP contribution in [0.25, 0.3) is 0 Å². The van der Waals surface area contributed by atoms with E-state index in [1.807, 2.05) is 0 Å². The summed E-state index contributed by atoms with van der Waals surface area (Å²) >= 11 is 0. The van der Waals surface area contributed by atoms with Crippen molar-refractivity contribution in [2.75, 3.05) is 13.1 Å². The molecule has 2 aliphatic rings. The van der Waals surface area contributed by atoms with E-state index in [1.54, 1.807) is 4.90 Å².